The van der Waals surface area contributed by atoms with Gasteiger partial charge in [-0.1, -0.05) is 18.2 Å². The minimum atomic E-state index is -4.82. The lowest BCUT2D eigenvalue weighted by Crippen LogP contribution is -2.25. The normalized spacial score (nSPS) is 11.5. The number of nitrogens with one attached hydrogen (secondary N) is 1. The van der Waals surface area contributed by atoms with Crippen LogP contribution in [0.15, 0.2) is 70.3 Å². The quantitative estimate of drug-likeness (QED) is 0.516. The number of hydrogen-bond acceptors (Lipinski definition) is 5. The molecule has 0 radical (unpaired) electrons. The van der Waals surface area contributed by atoms with Crippen LogP contribution in [0.25, 0.3) is 16.5 Å². The third-order valence-electron chi connectivity index (χ3n) is 4.93. The van der Waals surface area contributed by atoms with Crippen molar-refractivity contribution in [3.63, 3.8) is 0 Å². The molecule has 2 heterocycles. The summed E-state index contributed by atoms with van der Waals surface area (Å²) in [4.78, 5) is 25.6. The van der Waals surface area contributed by atoms with E-state index in [1.54, 1.807) is 50.4 Å². The van der Waals surface area contributed by atoms with Gasteiger partial charge in [0.15, 0.2) is 5.82 Å². The first-order chi connectivity index (χ1) is 15.1. The second-order valence-corrected chi connectivity index (χ2v) is 7.03. The average molecular weight is 442 g/mol. The number of anilines is 2. The first-order valence-electron chi connectivity index (χ1n) is 9.46. The highest BCUT2D eigenvalue weighted by atomic mass is 19.4. The zero-order valence-electron chi connectivity index (χ0n) is 17.0. The van der Waals surface area contributed by atoms with E-state index in [2.05, 4.69) is 15.2 Å². The van der Waals surface area contributed by atoms with Crippen LogP contribution in [0.1, 0.15) is 5.69 Å². The van der Waals surface area contributed by atoms with Crippen LogP contribution in [0.5, 0.6) is 5.75 Å². The molecular formula is C22H17F3N4O3. The third kappa shape index (κ3) is 4.07. The fourth-order valence-electron chi connectivity index (χ4n) is 3.20. The number of aryl methyl sites for hydroxylation is 1. The van der Waals surface area contributed by atoms with Gasteiger partial charge in [0.05, 0.1) is 11.1 Å². The van der Waals surface area contributed by atoms with Crippen LogP contribution in [-0.4, -0.2) is 20.7 Å². The monoisotopic (exact) mass is 442 g/mol. The molecule has 0 saturated heterocycles. The maximum atomic E-state index is 13.0. The lowest BCUT2D eigenvalue weighted by molar-refractivity contribution is -0.274. The predicted octanol–water partition coefficient (Wildman–Crippen LogP) is 4.04. The summed E-state index contributed by atoms with van der Waals surface area (Å²) in [5.41, 5.74) is 0.518. The summed E-state index contributed by atoms with van der Waals surface area (Å²) in [6, 6.07) is 14.9. The molecule has 0 atom stereocenters. The summed E-state index contributed by atoms with van der Waals surface area (Å²) in [5, 5.41) is 8.15. The van der Waals surface area contributed by atoms with Gasteiger partial charge in [-0.2, -0.15) is 4.68 Å². The smallest absolute Gasteiger partial charge is 0.406 e. The molecule has 10 heteroatoms. The minimum absolute atomic E-state index is 0.232. The molecule has 164 valence electrons. The highest BCUT2D eigenvalue weighted by molar-refractivity contribution is 5.92. The second-order valence-electron chi connectivity index (χ2n) is 7.03. The van der Waals surface area contributed by atoms with Crippen LogP contribution in [0.3, 0.4) is 0 Å². The van der Waals surface area contributed by atoms with Crippen LogP contribution in [-0.2, 0) is 7.05 Å². The van der Waals surface area contributed by atoms with Crippen molar-refractivity contribution < 1.29 is 17.9 Å². The lowest BCUT2D eigenvalue weighted by atomic mass is 10.2. The maximum Gasteiger partial charge on any atom is 0.573 e. The Bertz CT molecular complexity index is 1420. The molecule has 0 spiro atoms. The molecule has 4 aromatic rings. The van der Waals surface area contributed by atoms with Crippen LogP contribution >= 0.6 is 0 Å². The number of halogens is 3. The van der Waals surface area contributed by atoms with Gasteiger partial charge in [0.2, 0.25) is 0 Å². The zero-order valence-corrected chi connectivity index (χ0v) is 17.0. The largest absolute Gasteiger partial charge is 0.573 e. The summed E-state index contributed by atoms with van der Waals surface area (Å²) in [6.07, 6.45) is -4.82. The predicted molar refractivity (Wildman–Crippen MR) is 114 cm³/mol. The Morgan fingerprint density at radius 3 is 2.22 bits per heavy atom. The molecule has 0 fully saturated rings. The number of pyridine rings is 1. The van der Waals surface area contributed by atoms with E-state index >= 15 is 0 Å². The van der Waals surface area contributed by atoms with E-state index < -0.39 is 17.7 Å². The van der Waals surface area contributed by atoms with Crippen molar-refractivity contribution in [1.29, 1.82) is 0 Å². The Kier molecular flexibility index (Phi) is 5.21. The number of aromatic nitrogens is 3. The number of rotatable bonds is 4. The summed E-state index contributed by atoms with van der Waals surface area (Å²) < 4.78 is 43.7. The summed E-state index contributed by atoms with van der Waals surface area (Å²) in [7, 11) is 1.64. The second kappa shape index (κ2) is 7.88. The van der Waals surface area contributed by atoms with Gasteiger partial charge in [-0.25, -0.2) is 0 Å². The van der Waals surface area contributed by atoms with Gasteiger partial charge in [-0.05, 0) is 49.4 Å². The molecular weight excluding hydrogens is 425 g/mol. The molecule has 0 aliphatic rings. The fourth-order valence-corrected chi connectivity index (χ4v) is 3.20. The van der Waals surface area contributed by atoms with E-state index in [4.69, 9.17) is 0 Å². The van der Waals surface area contributed by atoms with Crippen molar-refractivity contribution in [3.05, 3.63) is 87.1 Å². The van der Waals surface area contributed by atoms with E-state index in [1.807, 2.05) is 0 Å². The highest BCUT2D eigenvalue weighted by Crippen LogP contribution is 2.25. The van der Waals surface area contributed by atoms with E-state index in [9.17, 15) is 22.8 Å². The van der Waals surface area contributed by atoms with E-state index in [0.717, 1.165) is 22.5 Å². The van der Waals surface area contributed by atoms with Crippen LogP contribution in [0.4, 0.5) is 24.7 Å². The maximum absolute atomic E-state index is 13.0. The van der Waals surface area contributed by atoms with E-state index in [-0.39, 0.29) is 22.8 Å². The van der Waals surface area contributed by atoms with Gasteiger partial charge in [0, 0.05) is 18.1 Å². The molecule has 2 aromatic heterocycles. The van der Waals surface area contributed by atoms with Crippen LogP contribution in [0, 0.1) is 6.92 Å². The SMILES string of the molecule is Cc1ccc(Nc2nn(-c3ccc(OC(F)(F)F)cc3)c(=O)c3ccccc23)c(=O)n1C. The Labute approximate surface area is 179 Å². The molecule has 0 aliphatic heterocycles. The van der Waals surface area contributed by atoms with Gasteiger partial charge in [-0.3, -0.25) is 9.59 Å². The average Bonchev–Trinajstić information content (AvgIpc) is 2.75. The van der Waals surface area contributed by atoms with Crippen molar-refractivity contribution >= 4 is 22.3 Å². The molecule has 0 unspecified atom stereocenters. The van der Waals surface area contributed by atoms with Crippen molar-refractivity contribution in [3.8, 4) is 11.4 Å². The first kappa shape index (κ1) is 21.2. The lowest BCUT2D eigenvalue weighted by Gasteiger charge is -2.14. The van der Waals surface area contributed by atoms with Gasteiger partial charge in [0.1, 0.15) is 11.4 Å². The Hall–Kier alpha value is -4.08. The molecule has 0 amide bonds. The number of fused-ring (bicyclic) bond motifs is 1. The van der Waals surface area contributed by atoms with Crippen molar-refractivity contribution in [2.24, 2.45) is 7.05 Å². The number of hydrogen-bond donors (Lipinski definition) is 1. The standard InChI is InChI=1S/C22H17F3N4O3/c1-13-7-12-18(21(31)28(13)2)26-19-16-5-3-4-6-17(16)20(30)29(27-19)14-8-10-15(11-9-14)32-22(23,24)25/h3-12H,1-2H3,(H,26,27). The summed E-state index contributed by atoms with van der Waals surface area (Å²) in [5.74, 6) is -0.173. The Balaban J connectivity index is 1.83. The molecule has 7 nitrogen and oxygen atoms in total. The van der Waals surface area contributed by atoms with Gasteiger partial charge in [0.25, 0.3) is 11.1 Å². The zero-order chi connectivity index (χ0) is 23.0. The van der Waals surface area contributed by atoms with Crippen molar-refractivity contribution in [1.82, 2.24) is 14.3 Å². The van der Waals surface area contributed by atoms with Gasteiger partial charge in [-0.15, -0.1) is 18.3 Å². The summed E-state index contributed by atoms with van der Waals surface area (Å²) in [6.45, 7) is 1.80. The molecule has 2 aromatic carbocycles. The third-order valence-corrected chi connectivity index (χ3v) is 4.93. The molecule has 1 N–H and O–H groups in total. The van der Waals surface area contributed by atoms with Crippen LogP contribution in [0.2, 0.25) is 0 Å². The molecule has 0 bridgehead atoms. The molecule has 4 rings (SSSR count). The number of ether oxygens (including phenoxy) is 1. The molecule has 32 heavy (non-hydrogen) atoms. The Morgan fingerprint density at radius 2 is 1.56 bits per heavy atom. The van der Waals surface area contributed by atoms with Gasteiger partial charge >= 0.3 is 6.36 Å². The minimum Gasteiger partial charge on any atom is -0.406 e. The number of nitrogens with zero attached hydrogens (tertiary/aromatic N) is 3. The topological polar surface area (TPSA) is 78.2 Å². The highest BCUT2D eigenvalue weighted by Gasteiger charge is 2.31. The number of benzene rings is 2. The van der Waals surface area contributed by atoms with E-state index in [1.165, 1.54) is 16.7 Å². The van der Waals surface area contributed by atoms with Crippen molar-refractivity contribution in [2.75, 3.05) is 5.32 Å². The molecule has 0 saturated carbocycles. The Morgan fingerprint density at radius 1 is 0.906 bits per heavy atom. The summed E-state index contributed by atoms with van der Waals surface area (Å²) >= 11 is 0. The van der Waals surface area contributed by atoms with Crippen molar-refractivity contribution in [2.45, 2.75) is 13.3 Å². The molecule has 0 aliphatic carbocycles. The van der Waals surface area contributed by atoms with Gasteiger partial charge < -0.3 is 14.6 Å². The first-order valence-corrected chi connectivity index (χ1v) is 9.46. The van der Waals surface area contributed by atoms with Crippen LogP contribution < -0.4 is 21.2 Å². The fraction of sp³-hybridized carbons (Fsp3) is 0.136. The van der Waals surface area contributed by atoms with E-state index in [0.29, 0.717) is 10.8 Å². The number of alkyl halides is 3.